The fourth-order valence-corrected chi connectivity index (χ4v) is 8.38. The molecule has 8 unspecified atom stereocenters. The summed E-state index contributed by atoms with van der Waals surface area (Å²) in [5.41, 5.74) is 2.30. The Morgan fingerprint density at radius 3 is 2.61 bits per heavy atom. The van der Waals surface area contributed by atoms with Gasteiger partial charge in [-0.25, -0.2) is 0 Å². The largest absolute Gasteiger partial charge is 0.393 e. The molecule has 0 aromatic rings. The maximum absolute atomic E-state index is 12.5. The molecule has 0 aromatic heterocycles. The molecule has 0 radical (unpaired) electrons. The van der Waals surface area contributed by atoms with Crippen LogP contribution in [-0.2, 0) is 4.74 Å². The summed E-state index contributed by atoms with van der Waals surface area (Å²) in [6, 6.07) is 0. The highest BCUT2D eigenvalue weighted by molar-refractivity contribution is 5.25. The predicted octanol–water partition coefficient (Wildman–Crippen LogP) is 7.06. The molecule has 4 rings (SSSR count). The van der Waals surface area contributed by atoms with Crippen molar-refractivity contribution in [2.45, 2.75) is 109 Å². The number of aliphatic hydroxyl groups is 1. The normalized spacial score (nSPS) is 43.6. The van der Waals surface area contributed by atoms with Crippen LogP contribution in [0, 0.1) is 34.5 Å². The maximum atomic E-state index is 12.5. The molecule has 0 spiro atoms. The van der Waals surface area contributed by atoms with Crippen LogP contribution in [0.15, 0.2) is 11.6 Å². The van der Waals surface area contributed by atoms with Crippen molar-refractivity contribution in [2.24, 2.45) is 34.5 Å². The van der Waals surface area contributed by atoms with Crippen LogP contribution >= 0.6 is 0 Å². The van der Waals surface area contributed by atoms with Gasteiger partial charge in [0.2, 0.25) is 0 Å². The molecule has 0 bridgehead atoms. The van der Waals surface area contributed by atoms with E-state index in [-0.39, 0.29) is 6.42 Å². The Balaban J connectivity index is 1.39. The van der Waals surface area contributed by atoms with Gasteiger partial charge in [-0.1, -0.05) is 31.9 Å². The zero-order chi connectivity index (χ0) is 22.4. The second-order valence-electron chi connectivity index (χ2n) is 11.6. The van der Waals surface area contributed by atoms with Crippen LogP contribution in [-0.4, -0.2) is 30.6 Å². The van der Waals surface area contributed by atoms with E-state index in [1.165, 1.54) is 44.9 Å². The van der Waals surface area contributed by atoms with Crippen LogP contribution in [0.2, 0.25) is 0 Å². The molecule has 5 heteroatoms. The average Bonchev–Trinajstić information content (AvgIpc) is 3.02. The van der Waals surface area contributed by atoms with Gasteiger partial charge in [0.25, 0.3) is 0 Å². The quantitative estimate of drug-likeness (QED) is 0.446. The van der Waals surface area contributed by atoms with Gasteiger partial charge in [-0.3, -0.25) is 0 Å². The fourth-order valence-electron chi connectivity index (χ4n) is 8.38. The van der Waals surface area contributed by atoms with E-state index in [4.69, 9.17) is 4.74 Å². The van der Waals surface area contributed by atoms with Gasteiger partial charge in [0.05, 0.1) is 18.6 Å². The predicted molar refractivity (Wildman–Crippen MR) is 117 cm³/mol. The standard InChI is InChI=1S/C26H41F3O2/c1-24-14-12-23-21(9-7-18-15-20(31-3)11-13-25(18,23)2)22(24)10-8-17(24)5-4-6-19(30)16-26(27,28)29/h7,17,19-23,30H,4-6,8-16H2,1-3H3. The third kappa shape index (κ3) is 4.47. The molecule has 0 amide bonds. The number of methoxy groups -OCH3 is 1. The van der Waals surface area contributed by atoms with E-state index < -0.39 is 18.7 Å². The van der Waals surface area contributed by atoms with E-state index in [1.807, 2.05) is 7.11 Å². The van der Waals surface area contributed by atoms with E-state index in [1.54, 1.807) is 5.57 Å². The molecule has 0 saturated heterocycles. The van der Waals surface area contributed by atoms with Crippen molar-refractivity contribution in [2.75, 3.05) is 7.11 Å². The maximum Gasteiger partial charge on any atom is 0.391 e. The number of fused-ring (bicyclic) bond motifs is 5. The van der Waals surface area contributed by atoms with Gasteiger partial charge in [0.1, 0.15) is 0 Å². The van der Waals surface area contributed by atoms with Crippen molar-refractivity contribution in [3.8, 4) is 0 Å². The number of alkyl halides is 3. The SMILES string of the molecule is COC1CCC2(C)C(=CCC3C2CCC2(C)C(CCCC(O)CC(F)(F)F)CCC32)C1. The van der Waals surface area contributed by atoms with Crippen LogP contribution in [0.3, 0.4) is 0 Å². The second-order valence-corrected chi connectivity index (χ2v) is 11.6. The third-order valence-electron chi connectivity index (χ3n) is 10.1. The Kier molecular flexibility index (Phi) is 6.60. The highest BCUT2D eigenvalue weighted by atomic mass is 19.4. The van der Waals surface area contributed by atoms with E-state index in [2.05, 4.69) is 19.9 Å². The Labute approximate surface area is 186 Å². The lowest BCUT2D eigenvalue weighted by atomic mass is 9.47. The molecule has 4 aliphatic rings. The summed E-state index contributed by atoms with van der Waals surface area (Å²) in [6.45, 7) is 4.99. The first-order valence-corrected chi connectivity index (χ1v) is 12.5. The Bertz CT molecular complexity index is 674. The monoisotopic (exact) mass is 442 g/mol. The minimum Gasteiger partial charge on any atom is -0.393 e. The van der Waals surface area contributed by atoms with Gasteiger partial charge >= 0.3 is 6.18 Å². The molecule has 0 aromatic carbocycles. The zero-order valence-electron chi connectivity index (χ0n) is 19.5. The smallest absolute Gasteiger partial charge is 0.391 e. The van der Waals surface area contributed by atoms with Crippen molar-refractivity contribution >= 4 is 0 Å². The number of allylic oxidation sites excluding steroid dienone is 1. The lowest BCUT2D eigenvalue weighted by molar-refractivity contribution is -0.154. The summed E-state index contributed by atoms with van der Waals surface area (Å²) in [5, 5.41) is 9.75. The van der Waals surface area contributed by atoms with Crippen LogP contribution in [0.1, 0.15) is 90.9 Å². The number of ether oxygens (including phenoxy) is 1. The van der Waals surface area contributed by atoms with Gasteiger partial charge in [0, 0.05) is 7.11 Å². The summed E-state index contributed by atoms with van der Waals surface area (Å²) in [4.78, 5) is 0. The van der Waals surface area contributed by atoms with Crippen LogP contribution in [0.5, 0.6) is 0 Å². The van der Waals surface area contributed by atoms with Crippen molar-refractivity contribution in [3.05, 3.63) is 11.6 Å². The fraction of sp³-hybridized carbons (Fsp3) is 0.923. The first-order chi connectivity index (χ1) is 14.6. The minimum atomic E-state index is -4.27. The van der Waals surface area contributed by atoms with E-state index in [0.29, 0.717) is 29.3 Å². The van der Waals surface area contributed by atoms with Gasteiger partial charge < -0.3 is 9.84 Å². The van der Waals surface area contributed by atoms with Crippen LogP contribution < -0.4 is 0 Å². The Morgan fingerprint density at radius 1 is 1.13 bits per heavy atom. The van der Waals surface area contributed by atoms with Crippen molar-refractivity contribution in [3.63, 3.8) is 0 Å². The highest BCUT2D eigenvalue weighted by Crippen LogP contribution is 2.66. The molecule has 3 fully saturated rings. The molecule has 4 aliphatic carbocycles. The molecule has 0 aliphatic heterocycles. The first-order valence-electron chi connectivity index (χ1n) is 12.5. The molecule has 2 nitrogen and oxygen atoms in total. The Hall–Kier alpha value is -0.550. The number of hydrogen-bond donors (Lipinski definition) is 1. The summed E-state index contributed by atoms with van der Waals surface area (Å²) in [5.74, 6) is 2.87. The van der Waals surface area contributed by atoms with Gasteiger partial charge in [-0.05, 0) is 98.7 Å². The number of rotatable bonds is 6. The molecular weight excluding hydrogens is 401 g/mol. The number of aliphatic hydroxyl groups excluding tert-OH is 1. The molecular formula is C26H41F3O2. The van der Waals surface area contributed by atoms with Crippen molar-refractivity contribution in [1.29, 1.82) is 0 Å². The average molecular weight is 443 g/mol. The lowest BCUT2D eigenvalue weighted by Gasteiger charge is -2.58. The molecule has 3 saturated carbocycles. The second kappa shape index (κ2) is 8.66. The zero-order valence-corrected chi connectivity index (χ0v) is 19.5. The summed E-state index contributed by atoms with van der Waals surface area (Å²) < 4.78 is 43.2. The topological polar surface area (TPSA) is 29.5 Å². The minimum absolute atomic E-state index is 0.271. The van der Waals surface area contributed by atoms with E-state index >= 15 is 0 Å². The Morgan fingerprint density at radius 2 is 1.90 bits per heavy atom. The van der Waals surface area contributed by atoms with Gasteiger partial charge in [0.15, 0.2) is 0 Å². The van der Waals surface area contributed by atoms with Gasteiger partial charge in [-0.15, -0.1) is 0 Å². The molecule has 1 N–H and O–H groups in total. The lowest BCUT2D eigenvalue weighted by Crippen LogP contribution is -2.50. The summed E-state index contributed by atoms with van der Waals surface area (Å²) >= 11 is 0. The first kappa shape index (κ1) is 23.6. The number of hydrogen-bond acceptors (Lipinski definition) is 2. The number of halogens is 3. The van der Waals surface area contributed by atoms with E-state index in [9.17, 15) is 18.3 Å². The summed E-state index contributed by atoms with van der Waals surface area (Å²) in [7, 11) is 1.84. The van der Waals surface area contributed by atoms with E-state index in [0.717, 1.165) is 30.6 Å². The molecule has 31 heavy (non-hydrogen) atoms. The molecule has 0 heterocycles. The highest BCUT2D eigenvalue weighted by Gasteiger charge is 2.58. The molecule has 8 atom stereocenters. The van der Waals surface area contributed by atoms with Crippen molar-refractivity contribution < 1.29 is 23.0 Å². The van der Waals surface area contributed by atoms with Crippen LogP contribution in [0.4, 0.5) is 13.2 Å². The van der Waals surface area contributed by atoms with Crippen LogP contribution in [0.25, 0.3) is 0 Å². The summed E-state index contributed by atoms with van der Waals surface area (Å²) in [6.07, 6.45) is 8.02. The van der Waals surface area contributed by atoms with Gasteiger partial charge in [-0.2, -0.15) is 13.2 Å². The third-order valence-corrected chi connectivity index (χ3v) is 10.1. The molecule has 178 valence electrons. The van der Waals surface area contributed by atoms with Crippen molar-refractivity contribution in [1.82, 2.24) is 0 Å².